The number of benzene rings is 1. The van der Waals surface area contributed by atoms with Gasteiger partial charge in [-0.15, -0.1) is 11.3 Å². The van der Waals surface area contributed by atoms with Gasteiger partial charge in [0.1, 0.15) is 5.01 Å². The van der Waals surface area contributed by atoms with Gasteiger partial charge in [-0.3, -0.25) is 0 Å². The molecule has 1 aliphatic rings. The molecule has 2 aromatic rings. The van der Waals surface area contributed by atoms with E-state index in [0.717, 1.165) is 40.9 Å². The fourth-order valence-electron chi connectivity index (χ4n) is 2.16. The van der Waals surface area contributed by atoms with Gasteiger partial charge < -0.3 is 10.2 Å². The van der Waals surface area contributed by atoms with Crippen LogP contribution in [-0.2, 0) is 6.54 Å². The molecule has 3 rings (SSSR count). The van der Waals surface area contributed by atoms with Gasteiger partial charge in [-0.25, -0.2) is 9.78 Å². The zero-order valence-electron chi connectivity index (χ0n) is 11.6. The van der Waals surface area contributed by atoms with Crippen molar-refractivity contribution >= 4 is 29.1 Å². The molecule has 0 saturated carbocycles. The Hall–Kier alpha value is -1.53. The van der Waals surface area contributed by atoms with E-state index >= 15 is 0 Å². The number of urea groups is 1. The molecular weight excluding hydrogens is 302 g/mol. The third-order valence-electron chi connectivity index (χ3n) is 3.31. The Labute approximate surface area is 132 Å². The van der Waals surface area contributed by atoms with Crippen LogP contribution in [0.4, 0.5) is 4.79 Å². The summed E-state index contributed by atoms with van der Waals surface area (Å²) in [6.45, 7) is 2.17. The second-order valence-corrected chi connectivity index (χ2v) is 6.92. The summed E-state index contributed by atoms with van der Waals surface area (Å²) in [5.74, 6) is 2.06. The average molecular weight is 319 g/mol. The lowest BCUT2D eigenvalue weighted by Gasteiger charge is -2.26. The number of nitrogens with zero attached hydrogens (tertiary/aromatic N) is 2. The maximum atomic E-state index is 12.0. The molecule has 1 saturated heterocycles. The lowest BCUT2D eigenvalue weighted by atomic mass is 10.2. The summed E-state index contributed by atoms with van der Waals surface area (Å²) in [7, 11) is 0. The van der Waals surface area contributed by atoms with E-state index in [1.807, 2.05) is 52.4 Å². The molecule has 0 spiro atoms. The summed E-state index contributed by atoms with van der Waals surface area (Å²) in [5.41, 5.74) is 2.08. The van der Waals surface area contributed by atoms with Crippen LogP contribution in [0.15, 0.2) is 35.7 Å². The number of rotatable bonds is 3. The van der Waals surface area contributed by atoms with Crippen LogP contribution in [0.1, 0.15) is 5.01 Å². The van der Waals surface area contributed by atoms with Crippen molar-refractivity contribution < 1.29 is 4.79 Å². The zero-order valence-corrected chi connectivity index (χ0v) is 13.3. The number of thiazole rings is 1. The highest BCUT2D eigenvalue weighted by Crippen LogP contribution is 2.21. The van der Waals surface area contributed by atoms with Crippen molar-refractivity contribution in [2.24, 2.45) is 0 Å². The summed E-state index contributed by atoms with van der Waals surface area (Å²) in [5, 5.41) is 5.93. The van der Waals surface area contributed by atoms with Crippen molar-refractivity contribution in [2.45, 2.75) is 6.54 Å². The first-order chi connectivity index (χ1) is 10.3. The van der Waals surface area contributed by atoms with Gasteiger partial charge in [-0.1, -0.05) is 30.3 Å². The van der Waals surface area contributed by atoms with Crippen LogP contribution in [-0.4, -0.2) is 40.5 Å². The van der Waals surface area contributed by atoms with Crippen LogP contribution in [0.5, 0.6) is 0 Å². The number of carbonyl (C=O) groups excluding carboxylic acids is 1. The minimum absolute atomic E-state index is 0.0201. The molecule has 1 N–H and O–H groups in total. The Bertz CT molecular complexity index is 594. The number of aromatic nitrogens is 1. The highest BCUT2D eigenvalue weighted by atomic mass is 32.2. The topological polar surface area (TPSA) is 45.2 Å². The molecule has 1 aromatic heterocycles. The van der Waals surface area contributed by atoms with E-state index in [-0.39, 0.29) is 6.03 Å². The lowest BCUT2D eigenvalue weighted by molar-refractivity contribution is 0.202. The zero-order chi connectivity index (χ0) is 14.5. The van der Waals surface area contributed by atoms with Crippen LogP contribution in [0.3, 0.4) is 0 Å². The molecule has 0 atom stereocenters. The molecule has 1 aliphatic heterocycles. The molecule has 2 heterocycles. The molecule has 0 unspecified atom stereocenters. The van der Waals surface area contributed by atoms with Gasteiger partial charge in [0, 0.05) is 35.5 Å². The van der Waals surface area contributed by atoms with E-state index in [9.17, 15) is 4.79 Å². The van der Waals surface area contributed by atoms with Crippen molar-refractivity contribution in [1.82, 2.24) is 15.2 Å². The molecular formula is C15H17N3OS2. The molecule has 0 aliphatic carbocycles. The maximum absolute atomic E-state index is 12.0. The molecule has 2 amide bonds. The molecule has 1 aromatic carbocycles. The minimum atomic E-state index is 0.0201. The van der Waals surface area contributed by atoms with Gasteiger partial charge >= 0.3 is 6.03 Å². The van der Waals surface area contributed by atoms with E-state index in [4.69, 9.17) is 0 Å². The number of hydrogen-bond acceptors (Lipinski definition) is 4. The highest BCUT2D eigenvalue weighted by molar-refractivity contribution is 7.99. The van der Waals surface area contributed by atoms with Gasteiger partial charge in [0.05, 0.1) is 12.2 Å². The monoisotopic (exact) mass is 319 g/mol. The SMILES string of the molecule is O=C(NCc1nc(-c2ccccc2)cs1)N1CCSCC1. The Morgan fingerprint density at radius 3 is 2.76 bits per heavy atom. The van der Waals surface area contributed by atoms with E-state index in [1.54, 1.807) is 11.3 Å². The summed E-state index contributed by atoms with van der Waals surface area (Å²) in [4.78, 5) is 18.5. The number of carbonyl (C=O) groups is 1. The summed E-state index contributed by atoms with van der Waals surface area (Å²) in [6.07, 6.45) is 0. The van der Waals surface area contributed by atoms with Crippen molar-refractivity contribution in [1.29, 1.82) is 0 Å². The predicted octanol–water partition coefficient (Wildman–Crippen LogP) is 3.07. The van der Waals surface area contributed by atoms with Crippen LogP contribution in [0.25, 0.3) is 11.3 Å². The minimum Gasteiger partial charge on any atom is -0.331 e. The fraction of sp³-hybridized carbons (Fsp3) is 0.333. The van der Waals surface area contributed by atoms with Gasteiger partial charge in [0.15, 0.2) is 0 Å². The number of hydrogen-bond donors (Lipinski definition) is 1. The second-order valence-electron chi connectivity index (χ2n) is 4.75. The molecule has 0 radical (unpaired) electrons. The molecule has 1 fully saturated rings. The first-order valence-corrected chi connectivity index (χ1v) is 8.97. The van der Waals surface area contributed by atoms with Crippen LogP contribution in [0, 0.1) is 0 Å². The normalized spacial score (nSPS) is 15.0. The number of amides is 2. The second kappa shape index (κ2) is 6.95. The first kappa shape index (κ1) is 14.4. The first-order valence-electron chi connectivity index (χ1n) is 6.93. The number of nitrogens with one attached hydrogen (secondary N) is 1. The quantitative estimate of drug-likeness (QED) is 0.945. The average Bonchev–Trinajstić information content (AvgIpc) is 3.03. The summed E-state index contributed by atoms with van der Waals surface area (Å²) in [6, 6.07) is 10.1. The van der Waals surface area contributed by atoms with Crippen molar-refractivity contribution in [3.05, 3.63) is 40.7 Å². The predicted molar refractivity (Wildman–Crippen MR) is 88.7 cm³/mol. The van der Waals surface area contributed by atoms with Crippen molar-refractivity contribution in [3.8, 4) is 11.3 Å². The number of thioether (sulfide) groups is 1. The van der Waals surface area contributed by atoms with E-state index in [1.165, 1.54) is 0 Å². The van der Waals surface area contributed by atoms with E-state index < -0.39 is 0 Å². The molecule has 21 heavy (non-hydrogen) atoms. The molecule has 6 heteroatoms. The third-order valence-corrected chi connectivity index (χ3v) is 5.10. The van der Waals surface area contributed by atoms with Crippen LogP contribution >= 0.6 is 23.1 Å². The summed E-state index contributed by atoms with van der Waals surface area (Å²) < 4.78 is 0. The van der Waals surface area contributed by atoms with E-state index in [0.29, 0.717) is 6.54 Å². The van der Waals surface area contributed by atoms with Crippen LogP contribution < -0.4 is 5.32 Å². The molecule has 110 valence electrons. The largest absolute Gasteiger partial charge is 0.331 e. The lowest BCUT2D eigenvalue weighted by Crippen LogP contribution is -2.44. The Morgan fingerprint density at radius 2 is 2.00 bits per heavy atom. The Morgan fingerprint density at radius 1 is 1.24 bits per heavy atom. The van der Waals surface area contributed by atoms with Gasteiger partial charge in [-0.2, -0.15) is 11.8 Å². The smallest absolute Gasteiger partial charge is 0.317 e. The van der Waals surface area contributed by atoms with Crippen molar-refractivity contribution in [2.75, 3.05) is 24.6 Å². The Balaban J connectivity index is 1.56. The standard InChI is InChI=1S/C15H17N3OS2/c19-15(18-6-8-20-9-7-18)16-10-14-17-13(11-21-14)12-4-2-1-3-5-12/h1-5,11H,6-10H2,(H,16,19). The maximum Gasteiger partial charge on any atom is 0.317 e. The van der Waals surface area contributed by atoms with Gasteiger partial charge in [0.2, 0.25) is 0 Å². The van der Waals surface area contributed by atoms with Crippen molar-refractivity contribution in [3.63, 3.8) is 0 Å². The summed E-state index contributed by atoms with van der Waals surface area (Å²) >= 11 is 3.48. The fourth-order valence-corrected chi connectivity index (χ4v) is 3.81. The Kier molecular flexibility index (Phi) is 4.77. The third kappa shape index (κ3) is 3.77. The van der Waals surface area contributed by atoms with Crippen LogP contribution in [0.2, 0.25) is 0 Å². The van der Waals surface area contributed by atoms with Gasteiger partial charge in [-0.05, 0) is 0 Å². The molecule has 4 nitrogen and oxygen atoms in total. The van der Waals surface area contributed by atoms with E-state index in [2.05, 4.69) is 10.3 Å². The van der Waals surface area contributed by atoms with Gasteiger partial charge in [0.25, 0.3) is 0 Å². The molecule has 0 bridgehead atoms. The highest BCUT2D eigenvalue weighted by Gasteiger charge is 2.16.